The second-order valence-electron chi connectivity index (χ2n) is 6.40. The molecule has 8 nitrogen and oxygen atoms in total. The van der Waals surface area contributed by atoms with Crippen molar-refractivity contribution in [1.29, 1.82) is 0 Å². The Hall–Kier alpha value is -2.87. The van der Waals surface area contributed by atoms with Gasteiger partial charge in [0.2, 0.25) is 0 Å². The smallest absolute Gasteiger partial charge is 0.167 e. The predicted molar refractivity (Wildman–Crippen MR) is 101 cm³/mol. The lowest BCUT2D eigenvalue weighted by Crippen LogP contribution is -2.17. The molecular weight excluding hydrogens is 346 g/mol. The van der Waals surface area contributed by atoms with Crippen LogP contribution in [0.25, 0.3) is 11.2 Å². The summed E-state index contributed by atoms with van der Waals surface area (Å²) >= 11 is 0. The lowest BCUT2D eigenvalue weighted by molar-refractivity contribution is -0.0298. The van der Waals surface area contributed by atoms with Gasteiger partial charge in [0.25, 0.3) is 0 Å². The Morgan fingerprint density at radius 3 is 2.89 bits per heavy atom. The molecule has 3 heterocycles. The van der Waals surface area contributed by atoms with Crippen LogP contribution in [0.1, 0.15) is 31.1 Å². The van der Waals surface area contributed by atoms with Gasteiger partial charge in [-0.25, -0.2) is 15.0 Å². The Morgan fingerprint density at radius 2 is 2.11 bits per heavy atom. The molecule has 3 aromatic rings. The first-order valence-electron chi connectivity index (χ1n) is 9.04. The molecular formula is C19H23N5O3. The number of rotatable bonds is 6. The van der Waals surface area contributed by atoms with E-state index in [1.54, 1.807) is 26.9 Å². The summed E-state index contributed by atoms with van der Waals surface area (Å²) < 4.78 is 18.6. The third kappa shape index (κ3) is 3.52. The van der Waals surface area contributed by atoms with E-state index < -0.39 is 0 Å². The van der Waals surface area contributed by atoms with E-state index in [1.807, 2.05) is 22.8 Å². The molecule has 1 aliphatic heterocycles. The van der Waals surface area contributed by atoms with Crippen LogP contribution in [0.3, 0.4) is 0 Å². The molecule has 1 atom stereocenters. The minimum absolute atomic E-state index is 0.00631. The number of aromatic nitrogens is 4. The largest absolute Gasteiger partial charge is 0.497 e. The summed E-state index contributed by atoms with van der Waals surface area (Å²) in [5.74, 6) is 2.20. The summed E-state index contributed by atoms with van der Waals surface area (Å²) in [5.41, 5.74) is 2.51. The maximum Gasteiger partial charge on any atom is 0.167 e. The Morgan fingerprint density at radius 1 is 1.19 bits per heavy atom. The number of hydrogen-bond acceptors (Lipinski definition) is 7. The normalized spacial score (nSPS) is 17.0. The molecule has 0 spiro atoms. The van der Waals surface area contributed by atoms with Crippen molar-refractivity contribution in [2.45, 2.75) is 32.0 Å². The van der Waals surface area contributed by atoms with Gasteiger partial charge in [0.15, 0.2) is 17.0 Å². The van der Waals surface area contributed by atoms with Gasteiger partial charge in [-0.3, -0.25) is 4.57 Å². The van der Waals surface area contributed by atoms with Crippen molar-refractivity contribution in [2.24, 2.45) is 0 Å². The molecule has 0 bridgehead atoms. The zero-order chi connectivity index (χ0) is 18.6. The summed E-state index contributed by atoms with van der Waals surface area (Å²) in [6, 6.07) is 5.74. The lowest BCUT2D eigenvalue weighted by atomic mass is 10.2. The first-order chi connectivity index (χ1) is 13.3. The SMILES string of the molecule is COc1ccc(CNc2ncnc3c2ncn3C2CCCCO2)c(OC)c1. The number of nitrogens with zero attached hydrogens (tertiary/aromatic N) is 4. The third-order valence-electron chi connectivity index (χ3n) is 4.77. The fourth-order valence-electron chi connectivity index (χ4n) is 3.31. The average molecular weight is 369 g/mol. The van der Waals surface area contributed by atoms with Crippen molar-refractivity contribution in [3.63, 3.8) is 0 Å². The summed E-state index contributed by atoms with van der Waals surface area (Å²) in [7, 11) is 3.28. The second-order valence-corrected chi connectivity index (χ2v) is 6.40. The maximum absolute atomic E-state index is 5.87. The summed E-state index contributed by atoms with van der Waals surface area (Å²) in [4.78, 5) is 13.3. The number of imidazole rings is 1. The third-order valence-corrected chi connectivity index (χ3v) is 4.77. The van der Waals surface area contributed by atoms with Crippen LogP contribution in [-0.4, -0.2) is 40.3 Å². The van der Waals surface area contributed by atoms with Crippen LogP contribution < -0.4 is 14.8 Å². The molecule has 0 aliphatic carbocycles. The molecule has 1 N–H and O–H groups in total. The van der Waals surface area contributed by atoms with E-state index in [2.05, 4.69) is 20.3 Å². The zero-order valence-electron chi connectivity index (χ0n) is 15.5. The molecule has 4 rings (SSSR count). The highest BCUT2D eigenvalue weighted by Crippen LogP contribution is 2.28. The number of benzene rings is 1. The van der Waals surface area contributed by atoms with Gasteiger partial charge >= 0.3 is 0 Å². The van der Waals surface area contributed by atoms with Crippen LogP contribution in [0.15, 0.2) is 30.9 Å². The molecule has 1 unspecified atom stereocenters. The van der Waals surface area contributed by atoms with Crippen LogP contribution in [0.2, 0.25) is 0 Å². The number of hydrogen-bond donors (Lipinski definition) is 1. The molecule has 1 aromatic carbocycles. The molecule has 1 aliphatic rings. The molecule has 2 aromatic heterocycles. The highest BCUT2D eigenvalue weighted by molar-refractivity contribution is 5.82. The van der Waals surface area contributed by atoms with Gasteiger partial charge in [0, 0.05) is 24.8 Å². The topological polar surface area (TPSA) is 83.3 Å². The molecule has 27 heavy (non-hydrogen) atoms. The number of methoxy groups -OCH3 is 2. The van der Waals surface area contributed by atoms with Gasteiger partial charge < -0.3 is 19.5 Å². The van der Waals surface area contributed by atoms with E-state index in [0.717, 1.165) is 54.1 Å². The highest BCUT2D eigenvalue weighted by Gasteiger charge is 2.20. The zero-order valence-corrected chi connectivity index (χ0v) is 15.5. The van der Waals surface area contributed by atoms with Gasteiger partial charge in [-0.2, -0.15) is 0 Å². The predicted octanol–water partition coefficient (Wildman–Crippen LogP) is 3.15. The first-order valence-corrected chi connectivity index (χ1v) is 9.04. The maximum atomic E-state index is 5.87. The van der Waals surface area contributed by atoms with E-state index in [-0.39, 0.29) is 6.23 Å². The molecule has 0 saturated carbocycles. The van der Waals surface area contributed by atoms with Gasteiger partial charge in [-0.1, -0.05) is 0 Å². The van der Waals surface area contributed by atoms with Crippen LogP contribution in [0, 0.1) is 0 Å². The quantitative estimate of drug-likeness (QED) is 0.714. The Balaban J connectivity index is 1.57. The van der Waals surface area contributed by atoms with Gasteiger partial charge in [0.05, 0.1) is 20.5 Å². The summed E-state index contributed by atoms with van der Waals surface area (Å²) in [6.45, 7) is 1.32. The number of ether oxygens (including phenoxy) is 3. The van der Waals surface area contributed by atoms with Crippen LogP contribution in [0.5, 0.6) is 11.5 Å². The first kappa shape index (κ1) is 17.5. The molecule has 1 fully saturated rings. The second kappa shape index (κ2) is 7.79. The van der Waals surface area contributed by atoms with E-state index in [1.165, 1.54) is 0 Å². The van der Waals surface area contributed by atoms with Crippen molar-refractivity contribution in [2.75, 3.05) is 26.1 Å². The molecule has 0 radical (unpaired) electrons. The Labute approximate surface area is 157 Å². The Bertz CT molecular complexity index is 921. The van der Waals surface area contributed by atoms with Gasteiger partial charge in [-0.15, -0.1) is 0 Å². The number of nitrogens with one attached hydrogen (secondary N) is 1. The molecule has 0 amide bonds. The molecule has 142 valence electrons. The van der Waals surface area contributed by atoms with Crippen LogP contribution in [-0.2, 0) is 11.3 Å². The van der Waals surface area contributed by atoms with Gasteiger partial charge in [0.1, 0.15) is 24.1 Å². The minimum atomic E-state index is -0.00631. The van der Waals surface area contributed by atoms with Crippen molar-refractivity contribution < 1.29 is 14.2 Å². The van der Waals surface area contributed by atoms with Crippen molar-refractivity contribution in [3.05, 3.63) is 36.4 Å². The standard InChI is InChI=1S/C19H23N5O3/c1-25-14-7-6-13(15(9-14)26-2)10-20-18-17-19(22-11-21-18)24(12-23-17)16-5-3-4-8-27-16/h6-7,9,11-12,16H,3-5,8,10H2,1-2H3,(H,20,21,22). The highest BCUT2D eigenvalue weighted by atomic mass is 16.5. The van der Waals surface area contributed by atoms with E-state index >= 15 is 0 Å². The van der Waals surface area contributed by atoms with Crippen LogP contribution in [0.4, 0.5) is 5.82 Å². The number of fused-ring (bicyclic) bond motifs is 1. The van der Waals surface area contributed by atoms with Crippen molar-refractivity contribution in [1.82, 2.24) is 19.5 Å². The summed E-state index contributed by atoms with van der Waals surface area (Å²) in [6.07, 6.45) is 6.56. The van der Waals surface area contributed by atoms with Crippen LogP contribution >= 0.6 is 0 Å². The van der Waals surface area contributed by atoms with Crippen molar-refractivity contribution in [3.8, 4) is 11.5 Å². The van der Waals surface area contributed by atoms with Crippen molar-refractivity contribution >= 4 is 17.0 Å². The van der Waals surface area contributed by atoms with Gasteiger partial charge in [-0.05, 0) is 31.4 Å². The molecule has 1 saturated heterocycles. The van der Waals surface area contributed by atoms with E-state index in [4.69, 9.17) is 14.2 Å². The Kier molecular flexibility index (Phi) is 5.06. The fraction of sp³-hybridized carbons (Fsp3) is 0.421. The fourth-order valence-corrected chi connectivity index (χ4v) is 3.31. The monoisotopic (exact) mass is 369 g/mol. The summed E-state index contributed by atoms with van der Waals surface area (Å²) in [5, 5.41) is 3.34. The molecule has 8 heteroatoms. The van der Waals surface area contributed by atoms with E-state index in [9.17, 15) is 0 Å². The lowest BCUT2D eigenvalue weighted by Gasteiger charge is -2.23. The van der Waals surface area contributed by atoms with E-state index in [0.29, 0.717) is 12.4 Å². The number of anilines is 1. The minimum Gasteiger partial charge on any atom is -0.497 e. The average Bonchev–Trinajstić information content (AvgIpc) is 3.17.